The van der Waals surface area contributed by atoms with E-state index in [4.69, 9.17) is 5.41 Å². The number of benzene rings is 1. The molecule has 5 nitrogen and oxygen atoms in total. The second-order valence-corrected chi connectivity index (χ2v) is 5.85. The van der Waals surface area contributed by atoms with Crippen LogP contribution in [-0.4, -0.2) is 62.1 Å². The van der Waals surface area contributed by atoms with Gasteiger partial charge in [0.05, 0.1) is 5.57 Å². The van der Waals surface area contributed by atoms with Crippen molar-refractivity contribution in [1.29, 1.82) is 5.41 Å². The van der Waals surface area contributed by atoms with Crippen LogP contribution in [0, 0.1) is 5.41 Å². The van der Waals surface area contributed by atoms with Gasteiger partial charge in [0.15, 0.2) is 0 Å². The molecule has 5 heteroatoms. The molecule has 0 aromatic heterocycles. The number of rotatable bonds is 5. The number of nitrogens with one attached hydrogen (secondary N) is 2. The number of nitrogens with zero attached hydrogens (tertiary/aromatic N) is 3. The molecule has 0 radical (unpaired) electrons. The maximum atomic E-state index is 7.82. The fourth-order valence-corrected chi connectivity index (χ4v) is 2.73. The Morgan fingerprint density at radius 1 is 1.22 bits per heavy atom. The highest BCUT2D eigenvalue weighted by atomic mass is 15.3. The summed E-state index contributed by atoms with van der Waals surface area (Å²) >= 11 is 0. The summed E-state index contributed by atoms with van der Waals surface area (Å²) in [5, 5.41) is 11.2. The Hall–Kier alpha value is -2.14. The molecule has 23 heavy (non-hydrogen) atoms. The van der Waals surface area contributed by atoms with Crippen molar-refractivity contribution in [1.82, 2.24) is 15.1 Å². The van der Waals surface area contributed by atoms with Crippen molar-refractivity contribution in [3.8, 4) is 0 Å². The molecule has 0 spiro atoms. The van der Waals surface area contributed by atoms with Crippen LogP contribution in [-0.2, 0) is 6.54 Å². The van der Waals surface area contributed by atoms with Gasteiger partial charge in [0.25, 0.3) is 0 Å². The van der Waals surface area contributed by atoms with Crippen molar-refractivity contribution in [2.75, 3.05) is 40.3 Å². The molecular formula is C18H27N5. The normalized spacial score (nSPS) is 17.7. The van der Waals surface area contributed by atoms with Gasteiger partial charge in [0.1, 0.15) is 5.84 Å². The van der Waals surface area contributed by atoms with E-state index in [0.717, 1.165) is 43.3 Å². The summed E-state index contributed by atoms with van der Waals surface area (Å²) in [6, 6.07) is 10.2. The first-order chi connectivity index (χ1) is 11.2. The number of amidine groups is 1. The minimum Gasteiger partial charge on any atom is -0.372 e. The summed E-state index contributed by atoms with van der Waals surface area (Å²) in [6.45, 7) is 6.89. The van der Waals surface area contributed by atoms with E-state index in [0.29, 0.717) is 6.54 Å². The zero-order valence-electron chi connectivity index (χ0n) is 14.3. The summed E-state index contributed by atoms with van der Waals surface area (Å²) in [7, 11) is 3.92. The van der Waals surface area contributed by atoms with E-state index in [-0.39, 0.29) is 0 Å². The second-order valence-electron chi connectivity index (χ2n) is 5.85. The number of hydrogen-bond donors (Lipinski definition) is 2. The van der Waals surface area contributed by atoms with Gasteiger partial charge < -0.3 is 20.5 Å². The average Bonchev–Trinajstić information content (AvgIpc) is 2.59. The molecule has 124 valence electrons. The Labute approximate surface area is 139 Å². The monoisotopic (exact) mass is 313 g/mol. The number of likely N-dealkylation sites (N-methyl/N-ethyl adjacent to an activating group) is 1. The molecule has 2 N–H and O–H groups in total. The Bertz CT molecular complexity index is 568. The zero-order chi connectivity index (χ0) is 16.7. The molecule has 0 atom stereocenters. The molecule has 1 heterocycles. The van der Waals surface area contributed by atoms with E-state index in [1.54, 1.807) is 7.05 Å². The van der Waals surface area contributed by atoms with Crippen LogP contribution in [0.15, 0.2) is 46.6 Å². The Kier molecular flexibility index (Phi) is 6.35. The van der Waals surface area contributed by atoms with Gasteiger partial charge in [-0.05, 0) is 19.5 Å². The highest BCUT2D eigenvalue weighted by Crippen LogP contribution is 2.13. The fraction of sp³-hybridized carbons (Fsp3) is 0.444. The fourth-order valence-electron chi connectivity index (χ4n) is 2.73. The minimum absolute atomic E-state index is 0.709. The molecule has 1 aliphatic rings. The van der Waals surface area contributed by atoms with Gasteiger partial charge in [-0.1, -0.05) is 30.3 Å². The van der Waals surface area contributed by atoms with Crippen LogP contribution in [0.4, 0.5) is 0 Å². The molecule has 1 aromatic rings. The first-order valence-corrected chi connectivity index (χ1v) is 8.05. The second kappa shape index (κ2) is 8.48. The van der Waals surface area contributed by atoms with Crippen molar-refractivity contribution in [3.05, 3.63) is 47.2 Å². The molecule has 0 aliphatic carbocycles. The third-order valence-corrected chi connectivity index (χ3v) is 4.29. The van der Waals surface area contributed by atoms with Gasteiger partial charge in [0, 0.05) is 51.7 Å². The Morgan fingerprint density at radius 2 is 1.87 bits per heavy atom. The van der Waals surface area contributed by atoms with Gasteiger partial charge in [-0.15, -0.1) is 0 Å². The number of allylic oxidation sites excluding steroid dienone is 1. The van der Waals surface area contributed by atoms with E-state index in [2.05, 4.69) is 46.2 Å². The SMILES string of the molecule is CN=C(NCc1ccccc1)/C(C=N)=C(\C)N1CCN(C)CC1. The largest absolute Gasteiger partial charge is 0.372 e. The lowest BCUT2D eigenvalue weighted by Crippen LogP contribution is -2.44. The van der Waals surface area contributed by atoms with Gasteiger partial charge >= 0.3 is 0 Å². The predicted molar refractivity (Wildman–Crippen MR) is 97.2 cm³/mol. The summed E-state index contributed by atoms with van der Waals surface area (Å²) < 4.78 is 0. The van der Waals surface area contributed by atoms with Crippen LogP contribution >= 0.6 is 0 Å². The van der Waals surface area contributed by atoms with Crippen LogP contribution in [0.5, 0.6) is 0 Å². The summed E-state index contributed by atoms with van der Waals surface area (Å²) in [5.41, 5.74) is 3.19. The van der Waals surface area contributed by atoms with E-state index < -0.39 is 0 Å². The molecule has 1 saturated heterocycles. The lowest BCUT2D eigenvalue weighted by Gasteiger charge is -2.35. The van der Waals surface area contributed by atoms with Crippen molar-refractivity contribution in [2.45, 2.75) is 13.5 Å². The van der Waals surface area contributed by atoms with E-state index in [9.17, 15) is 0 Å². The molecule has 1 aliphatic heterocycles. The van der Waals surface area contributed by atoms with Gasteiger partial charge in [-0.25, -0.2) is 0 Å². The topological polar surface area (TPSA) is 54.7 Å². The molecular weight excluding hydrogens is 286 g/mol. The van der Waals surface area contributed by atoms with Crippen molar-refractivity contribution in [3.63, 3.8) is 0 Å². The van der Waals surface area contributed by atoms with Crippen LogP contribution in [0.25, 0.3) is 0 Å². The maximum absolute atomic E-state index is 7.82. The Morgan fingerprint density at radius 3 is 2.43 bits per heavy atom. The number of hydrogen-bond acceptors (Lipinski definition) is 4. The lowest BCUT2D eigenvalue weighted by molar-refractivity contribution is 0.186. The summed E-state index contributed by atoms with van der Waals surface area (Å²) in [4.78, 5) is 9.04. The van der Waals surface area contributed by atoms with Crippen LogP contribution in [0.1, 0.15) is 12.5 Å². The molecule has 2 rings (SSSR count). The smallest absolute Gasteiger partial charge is 0.131 e. The predicted octanol–water partition coefficient (Wildman–Crippen LogP) is 1.98. The molecule has 0 amide bonds. The van der Waals surface area contributed by atoms with Gasteiger partial charge in [-0.2, -0.15) is 0 Å². The molecule has 1 fully saturated rings. The first kappa shape index (κ1) is 17.2. The van der Waals surface area contributed by atoms with Gasteiger partial charge in [-0.3, -0.25) is 4.99 Å². The quantitative estimate of drug-likeness (QED) is 0.645. The standard InChI is InChI=1S/C18H27N5/c1-15(23-11-9-22(3)10-12-23)17(13-19)18(20-2)21-14-16-7-5-4-6-8-16/h4-8,13,19H,9-12,14H2,1-3H3,(H,20,21)/b17-15+,19-13?. The van der Waals surface area contributed by atoms with E-state index in [1.807, 2.05) is 18.2 Å². The van der Waals surface area contributed by atoms with E-state index in [1.165, 1.54) is 11.8 Å². The third kappa shape index (κ3) is 4.66. The molecule has 1 aromatic carbocycles. The highest BCUT2D eigenvalue weighted by Gasteiger charge is 2.18. The summed E-state index contributed by atoms with van der Waals surface area (Å²) in [6.07, 6.45) is 1.41. The number of piperazine rings is 1. The lowest BCUT2D eigenvalue weighted by atomic mass is 10.1. The van der Waals surface area contributed by atoms with Crippen LogP contribution in [0.2, 0.25) is 0 Å². The average molecular weight is 313 g/mol. The highest BCUT2D eigenvalue weighted by molar-refractivity contribution is 6.14. The first-order valence-electron chi connectivity index (χ1n) is 8.05. The molecule has 0 unspecified atom stereocenters. The van der Waals surface area contributed by atoms with Crippen LogP contribution in [0.3, 0.4) is 0 Å². The van der Waals surface area contributed by atoms with Crippen LogP contribution < -0.4 is 5.32 Å². The number of aliphatic imine (C=N–C) groups is 1. The Balaban J connectivity index is 2.09. The molecule has 0 bridgehead atoms. The van der Waals surface area contributed by atoms with Gasteiger partial charge in [0.2, 0.25) is 0 Å². The maximum Gasteiger partial charge on any atom is 0.131 e. The zero-order valence-corrected chi connectivity index (χ0v) is 14.3. The minimum atomic E-state index is 0.709. The van der Waals surface area contributed by atoms with Crippen molar-refractivity contribution in [2.24, 2.45) is 4.99 Å². The van der Waals surface area contributed by atoms with Crippen molar-refractivity contribution < 1.29 is 0 Å². The third-order valence-electron chi connectivity index (χ3n) is 4.29. The molecule has 0 saturated carbocycles. The van der Waals surface area contributed by atoms with Crippen molar-refractivity contribution >= 4 is 12.1 Å². The summed E-state index contributed by atoms with van der Waals surface area (Å²) in [5.74, 6) is 0.778. The van der Waals surface area contributed by atoms with E-state index >= 15 is 0 Å².